The van der Waals surface area contributed by atoms with Gasteiger partial charge in [-0.25, -0.2) is 4.98 Å². The van der Waals surface area contributed by atoms with E-state index in [1.165, 1.54) is 53.6 Å². The number of hydrogen-bond donors (Lipinski definition) is 0. The summed E-state index contributed by atoms with van der Waals surface area (Å²) >= 11 is 1.92. The number of hydrogen-bond acceptors (Lipinski definition) is 2. The molecular formula is C41H28N2S. The van der Waals surface area contributed by atoms with Gasteiger partial charge in [0.25, 0.3) is 0 Å². The molecule has 2 heterocycles. The van der Waals surface area contributed by atoms with Gasteiger partial charge in [0, 0.05) is 20.8 Å². The Labute approximate surface area is 260 Å². The number of rotatable bonds is 4. The lowest BCUT2D eigenvalue weighted by atomic mass is 9.97. The van der Waals surface area contributed by atoms with Crippen LogP contribution in [0.3, 0.4) is 0 Å². The Balaban J connectivity index is 1.11. The molecule has 0 spiro atoms. The quantitative estimate of drug-likeness (QED) is 0.202. The van der Waals surface area contributed by atoms with Crippen LogP contribution in [0.2, 0.25) is 0 Å². The summed E-state index contributed by atoms with van der Waals surface area (Å²) in [5.74, 6) is 0.950. The Hall–Kier alpha value is -5.25. The standard InChI is InChI=1S/C41H28N2S/c1-2-9-31-26-32(21-16-27(31)8-1)28-22-24-33(25-23-28)43-38-14-5-4-13-37(38)42-41(43)30-19-17-29(18-20-30)34-11-7-12-36-35-10-3-6-15-39(35)44-40(34)36/h1-2,4-9,11-26H,3,10H2. The highest BCUT2D eigenvalue weighted by atomic mass is 32.1. The van der Waals surface area contributed by atoms with Crippen molar-refractivity contribution >= 4 is 49.3 Å². The lowest BCUT2D eigenvalue weighted by molar-refractivity contribution is 1.01. The van der Waals surface area contributed by atoms with E-state index in [1.807, 2.05) is 11.3 Å². The molecule has 0 aliphatic heterocycles. The molecular weight excluding hydrogens is 553 g/mol. The molecule has 0 bridgehead atoms. The first-order chi connectivity index (χ1) is 21.8. The van der Waals surface area contributed by atoms with Gasteiger partial charge in [0.2, 0.25) is 0 Å². The molecule has 1 aliphatic carbocycles. The summed E-state index contributed by atoms with van der Waals surface area (Å²) in [6.45, 7) is 0. The minimum atomic E-state index is 0.950. The molecule has 44 heavy (non-hydrogen) atoms. The van der Waals surface area contributed by atoms with Gasteiger partial charge >= 0.3 is 0 Å². The van der Waals surface area contributed by atoms with Crippen LogP contribution in [0.5, 0.6) is 0 Å². The number of para-hydroxylation sites is 2. The molecule has 0 N–H and O–H groups in total. The van der Waals surface area contributed by atoms with E-state index in [0.717, 1.165) is 41.0 Å². The van der Waals surface area contributed by atoms with Crippen LogP contribution >= 0.6 is 11.3 Å². The summed E-state index contributed by atoms with van der Waals surface area (Å²) in [5.41, 5.74) is 10.8. The van der Waals surface area contributed by atoms with E-state index in [4.69, 9.17) is 4.98 Å². The predicted octanol–water partition coefficient (Wildman–Crippen LogP) is 11.4. The van der Waals surface area contributed by atoms with Crippen LogP contribution in [-0.2, 0) is 6.42 Å². The van der Waals surface area contributed by atoms with Crippen molar-refractivity contribution in [3.8, 4) is 39.3 Å². The average molecular weight is 581 g/mol. The largest absolute Gasteiger partial charge is 0.292 e. The van der Waals surface area contributed by atoms with E-state index in [0.29, 0.717) is 0 Å². The number of imidazole rings is 1. The normalized spacial score (nSPS) is 12.7. The summed E-state index contributed by atoms with van der Waals surface area (Å²) < 4.78 is 3.67. The Bertz CT molecular complexity index is 2370. The summed E-state index contributed by atoms with van der Waals surface area (Å²) in [6, 6.07) is 48.2. The maximum Gasteiger partial charge on any atom is 0.145 e. The van der Waals surface area contributed by atoms with Crippen molar-refractivity contribution in [2.75, 3.05) is 0 Å². The van der Waals surface area contributed by atoms with Gasteiger partial charge in [0.15, 0.2) is 0 Å². The summed E-state index contributed by atoms with van der Waals surface area (Å²) in [6.07, 6.45) is 6.86. The van der Waals surface area contributed by atoms with E-state index in [-0.39, 0.29) is 0 Å². The maximum absolute atomic E-state index is 5.13. The Kier molecular flexibility index (Phi) is 5.85. The van der Waals surface area contributed by atoms with Gasteiger partial charge in [-0.3, -0.25) is 4.57 Å². The van der Waals surface area contributed by atoms with E-state index in [2.05, 4.69) is 150 Å². The second-order valence-electron chi connectivity index (χ2n) is 11.5. The molecule has 2 aromatic heterocycles. The fourth-order valence-electron chi connectivity index (χ4n) is 6.68. The van der Waals surface area contributed by atoms with Crippen molar-refractivity contribution in [2.24, 2.45) is 0 Å². The van der Waals surface area contributed by atoms with E-state index < -0.39 is 0 Å². The van der Waals surface area contributed by atoms with Crippen LogP contribution in [-0.4, -0.2) is 9.55 Å². The molecule has 0 amide bonds. The number of nitrogens with zero attached hydrogens (tertiary/aromatic N) is 2. The molecule has 1 aliphatic rings. The molecule has 208 valence electrons. The Morgan fingerprint density at radius 1 is 0.614 bits per heavy atom. The van der Waals surface area contributed by atoms with Crippen LogP contribution in [0.25, 0.3) is 77.3 Å². The van der Waals surface area contributed by atoms with Crippen LogP contribution in [0.15, 0.2) is 140 Å². The number of allylic oxidation sites excluding steroid dienone is 1. The lowest BCUT2D eigenvalue weighted by Crippen LogP contribution is -1.97. The third kappa shape index (κ3) is 4.12. The van der Waals surface area contributed by atoms with Gasteiger partial charge in [-0.2, -0.15) is 0 Å². The average Bonchev–Trinajstić information content (AvgIpc) is 3.67. The predicted molar refractivity (Wildman–Crippen MR) is 188 cm³/mol. The molecule has 0 unspecified atom stereocenters. The fraction of sp³-hybridized carbons (Fsp3) is 0.0488. The second-order valence-corrected chi connectivity index (χ2v) is 12.6. The molecule has 8 aromatic rings. The molecule has 0 saturated heterocycles. The van der Waals surface area contributed by atoms with Gasteiger partial charge in [-0.1, -0.05) is 109 Å². The monoisotopic (exact) mass is 580 g/mol. The molecule has 2 nitrogen and oxygen atoms in total. The third-order valence-corrected chi connectivity index (χ3v) is 10.1. The lowest BCUT2D eigenvalue weighted by Gasteiger charge is -2.12. The van der Waals surface area contributed by atoms with Crippen molar-refractivity contribution in [1.29, 1.82) is 0 Å². The third-order valence-electron chi connectivity index (χ3n) is 8.90. The van der Waals surface area contributed by atoms with E-state index >= 15 is 0 Å². The molecule has 0 atom stereocenters. The van der Waals surface area contributed by atoms with Crippen molar-refractivity contribution < 1.29 is 0 Å². The summed E-state index contributed by atoms with van der Waals surface area (Å²) in [4.78, 5) is 6.54. The van der Waals surface area contributed by atoms with Gasteiger partial charge in [-0.15, -0.1) is 11.3 Å². The molecule has 0 radical (unpaired) electrons. The SMILES string of the molecule is C1=Cc2sc3c(-c4ccc(-c5nc6ccccc6n5-c5ccc(-c6ccc7ccccc7c6)cc5)cc4)cccc3c2CC1. The van der Waals surface area contributed by atoms with Crippen molar-refractivity contribution in [2.45, 2.75) is 12.8 Å². The molecule has 3 heteroatoms. The molecule has 0 fully saturated rings. The first-order valence-corrected chi connectivity index (χ1v) is 16.0. The summed E-state index contributed by atoms with van der Waals surface area (Å²) in [7, 11) is 0. The number of aryl methyl sites for hydroxylation is 1. The zero-order valence-corrected chi connectivity index (χ0v) is 24.9. The van der Waals surface area contributed by atoms with Crippen LogP contribution in [0.4, 0.5) is 0 Å². The fourth-order valence-corrected chi connectivity index (χ4v) is 7.99. The second kappa shape index (κ2) is 10.2. The van der Waals surface area contributed by atoms with Gasteiger partial charge < -0.3 is 0 Å². The first kappa shape index (κ1) is 25.3. The maximum atomic E-state index is 5.13. The molecule has 9 rings (SSSR count). The van der Waals surface area contributed by atoms with Crippen LogP contribution in [0.1, 0.15) is 16.9 Å². The van der Waals surface area contributed by atoms with Gasteiger partial charge in [0.1, 0.15) is 5.82 Å². The molecule has 6 aromatic carbocycles. The van der Waals surface area contributed by atoms with Gasteiger partial charge in [-0.05, 0) is 93.2 Å². The Morgan fingerprint density at radius 2 is 1.36 bits per heavy atom. The summed E-state index contributed by atoms with van der Waals surface area (Å²) in [5, 5.41) is 3.92. The van der Waals surface area contributed by atoms with E-state index in [9.17, 15) is 0 Å². The smallest absolute Gasteiger partial charge is 0.145 e. The highest BCUT2D eigenvalue weighted by Crippen LogP contribution is 2.41. The van der Waals surface area contributed by atoms with Crippen molar-refractivity contribution in [3.63, 3.8) is 0 Å². The number of fused-ring (bicyclic) bond motifs is 5. The van der Waals surface area contributed by atoms with Crippen LogP contribution < -0.4 is 0 Å². The van der Waals surface area contributed by atoms with Crippen LogP contribution in [0, 0.1) is 0 Å². The minimum absolute atomic E-state index is 0.950. The highest BCUT2D eigenvalue weighted by Gasteiger charge is 2.17. The van der Waals surface area contributed by atoms with Crippen molar-refractivity contribution in [3.05, 3.63) is 150 Å². The van der Waals surface area contributed by atoms with Crippen molar-refractivity contribution in [1.82, 2.24) is 9.55 Å². The number of benzene rings is 6. The highest BCUT2D eigenvalue weighted by molar-refractivity contribution is 7.20. The van der Waals surface area contributed by atoms with Gasteiger partial charge in [0.05, 0.1) is 11.0 Å². The zero-order chi connectivity index (χ0) is 29.0. The minimum Gasteiger partial charge on any atom is -0.292 e. The Morgan fingerprint density at radius 3 is 2.25 bits per heavy atom. The zero-order valence-electron chi connectivity index (χ0n) is 24.1. The van der Waals surface area contributed by atoms with E-state index in [1.54, 1.807) is 0 Å². The first-order valence-electron chi connectivity index (χ1n) is 15.2. The number of thiophene rings is 1. The molecule has 0 saturated carbocycles. The topological polar surface area (TPSA) is 17.8 Å². The number of aromatic nitrogens is 2.